The summed E-state index contributed by atoms with van der Waals surface area (Å²) >= 11 is 0. The van der Waals surface area contributed by atoms with Gasteiger partial charge in [-0.25, -0.2) is 0 Å². The van der Waals surface area contributed by atoms with E-state index in [0.29, 0.717) is 6.61 Å². The Bertz CT molecular complexity index is 363. The molecule has 0 fully saturated rings. The van der Waals surface area contributed by atoms with E-state index in [9.17, 15) is 0 Å². The van der Waals surface area contributed by atoms with Crippen molar-refractivity contribution in [3.63, 3.8) is 0 Å². The van der Waals surface area contributed by atoms with E-state index in [1.165, 1.54) is 0 Å². The Morgan fingerprint density at radius 1 is 1.24 bits per heavy atom. The average Bonchev–Trinajstić information content (AvgIpc) is 2.53. The highest BCUT2D eigenvalue weighted by molar-refractivity contribution is 5.48. The van der Waals surface area contributed by atoms with E-state index in [-0.39, 0.29) is 5.60 Å². The zero-order chi connectivity index (χ0) is 13.1. The second-order valence-electron chi connectivity index (χ2n) is 5.20. The maximum Gasteiger partial charge on any atom is 0.0854 e. The molecular weight excluding hydrogens is 214 g/mol. The normalized spacial score (nSPS) is 12.1. The third kappa shape index (κ3) is 3.73. The van der Waals surface area contributed by atoms with Crippen molar-refractivity contribution in [2.75, 3.05) is 12.3 Å². The van der Waals surface area contributed by atoms with E-state index in [4.69, 9.17) is 10.5 Å². The van der Waals surface area contributed by atoms with Crippen LogP contribution in [0.25, 0.3) is 0 Å². The predicted octanol–water partition coefficient (Wildman–Crippen LogP) is 2.41. The zero-order valence-electron chi connectivity index (χ0n) is 11.7. The molecule has 4 heteroatoms. The molecule has 0 saturated heterocycles. The average molecular weight is 239 g/mol. The minimum Gasteiger partial charge on any atom is -0.396 e. The maximum absolute atomic E-state index is 6.06. The Hall–Kier alpha value is -1.03. The van der Waals surface area contributed by atoms with Crippen LogP contribution < -0.4 is 5.73 Å². The Labute approximate surface area is 104 Å². The second kappa shape index (κ2) is 5.54. The number of nitrogens with two attached hydrogens (primary N) is 1. The van der Waals surface area contributed by atoms with Crippen LogP contribution >= 0.6 is 0 Å². The van der Waals surface area contributed by atoms with Crippen molar-refractivity contribution in [3.8, 4) is 0 Å². The van der Waals surface area contributed by atoms with Crippen LogP contribution in [0.5, 0.6) is 0 Å². The molecule has 0 amide bonds. The molecule has 0 aliphatic rings. The Kier molecular flexibility index (Phi) is 4.57. The van der Waals surface area contributed by atoms with Crippen molar-refractivity contribution >= 4 is 5.69 Å². The van der Waals surface area contributed by atoms with Crippen molar-refractivity contribution in [1.29, 1.82) is 0 Å². The van der Waals surface area contributed by atoms with Crippen LogP contribution in [-0.2, 0) is 24.1 Å². The largest absolute Gasteiger partial charge is 0.396 e. The molecule has 0 aliphatic heterocycles. The first-order chi connectivity index (χ1) is 7.89. The van der Waals surface area contributed by atoms with Gasteiger partial charge in [0.05, 0.1) is 35.8 Å². The summed E-state index contributed by atoms with van der Waals surface area (Å²) in [5.74, 6) is 0. The third-order valence-corrected chi connectivity index (χ3v) is 2.68. The van der Waals surface area contributed by atoms with Crippen molar-refractivity contribution in [1.82, 2.24) is 9.78 Å². The minimum atomic E-state index is -0.0985. The van der Waals surface area contributed by atoms with E-state index in [0.717, 1.165) is 36.5 Å². The maximum atomic E-state index is 6.06. The molecule has 17 heavy (non-hydrogen) atoms. The molecule has 4 nitrogen and oxygen atoms in total. The first-order valence-electron chi connectivity index (χ1n) is 6.37. The van der Waals surface area contributed by atoms with Gasteiger partial charge in [0.25, 0.3) is 0 Å². The molecule has 0 aliphatic carbocycles. The van der Waals surface area contributed by atoms with E-state index >= 15 is 0 Å². The molecule has 1 rings (SSSR count). The Morgan fingerprint density at radius 3 is 2.35 bits per heavy atom. The molecule has 98 valence electrons. The van der Waals surface area contributed by atoms with Crippen molar-refractivity contribution < 1.29 is 4.74 Å². The minimum absolute atomic E-state index is 0.0985. The first kappa shape index (κ1) is 14.0. The topological polar surface area (TPSA) is 53.1 Å². The molecule has 0 saturated carbocycles. The van der Waals surface area contributed by atoms with Gasteiger partial charge >= 0.3 is 0 Å². The Morgan fingerprint density at radius 2 is 1.88 bits per heavy atom. The standard InChI is InChI=1S/C13H25N3O/c1-6-10-12(14)11(7-2)16(15-10)8-9-17-13(3,4)5/h6-9,14H2,1-5H3. The lowest BCUT2D eigenvalue weighted by Crippen LogP contribution is -2.22. The lowest BCUT2D eigenvalue weighted by atomic mass is 10.2. The monoisotopic (exact) mass is 239 g/mol. The first-order valence-corrected chi connectivity index (χ1v) is 6.37. The number of rotatable bonds is 5. The van der Waals surface area contributed by atoms with Crippen molar-refractivity contribution in [2.24, 2.45) is 0 Å². The molecule has 1 heterocycles. The number of ether oxygens (including phenoxy) is 1. The molecule has 0 unspecified atom stereocenters. The molecular formula is C13H25N3O. The smallest absolute Gasteiger partial charge is 0.0854 e. The molecule has 1 aromatic heterocycles. The number of nitrogens with zero attached hydrogens (tertiary/aromatic N) is 2. The van der Waals surface area contributed by atoms with Gasteiger partial charge in [-0.3, -0.25) is 4.68 Å². The van der Waals surface area contributed by atoms with Crippen molar-refractivity contribution in [2.45, 2.75) is 59.6 Å². The van der Waals surface area contributed by atoms with E-state index in [1.54, 1.807) is 0 Å². The van der Waals surface area contributed by atoms with Crippen LogP contribution in [0.4, 0.5) is 5.69 Å². The summed E-state index contributed by atoms with van der Waals surface area (Å²) in [5.41, 5.74) is 8.93. The number of aromatic nitrogens is 2. The van der Waals surface area contributed by atoms with Crippen LogP contribution in [0.15, 0.2) is 0 Å². The van der Waals surface area contributed by atoms with Crippen LogP contribution in [0.1, 0.15) is 46.0 Å². The van der Waals surface area contributed by atoms with E-state index < -0.39 is 0 Å². The number of aryl methyl sites for hydroxylation is 1. The Balaban J connectivity index is 2.70. The van der Waals surface area contributed by atoms with Gasteiger partial charge in [0, 0.05) is 0 Å². The summed E-state index contributed by atoms with van der Waals surface area (Å²) in [6.07, 6.45) is 1.79. The molecule has 0 bridgehead atoms. The summed E-state index contributed by atoms with van der Waals surface area (Å²) in [6, 6.07) is 0. The van der Waals surface area contributed by atoms with Gasteiger partial charge < -0.3 is 10.5 Å². The summed E-state index contributed by atoms with van der Waals surface area (Å²) in [6.45, 7) is 11.8. The predicted molar refractivity (Wildman–Crippen MR) is 71.1 cm³/mol. The van der Waals surface area contributed by atoms with Gasteiger partial charge in [-0.1, -0.05) is 13.8 Å². The van der Waals surface area contributed by atoms with Gasteiger partial charge in [0.15, 0.2) is 0 Å². The van der Waals surface area contributed by atoms with Gasteiger partial charge in [-0.05, 0) is 33.6 Å². The summed E-state index contributed by atoms with van der Waals surface area (Å²) in [7, 11) is 0. The molecule has 0 radical (unpaired) electrons. The summed E-state index contributed by atoms with van der Waals surface area (Å²) in [5, 5.41) is 4.53. The van der Waals surface area contributed by atoms with Gasteiger partial charge in [0.2, 0.25) is 0 Å². The fourth-order valence-electron chi connectivity index (χ4n) is 1.82. The fourth-order valence-corrected chi connectivity index (χ4v) is 1.82. The van der Waals surface area contributed by atoms with Crippen LogP contribution in [0, 0.1) is 0 Å². The highest BCUT2D eigenvalue weighted by Gasteiger charge is 2.14. The SMILES string of the molecule is CCc1nn(CCOC(C)(C)C)c(CC)c1N. The lowest BCUT2D eigenvalue weighted by Gasteiger charge is -2.19. The molecule has 0 atom stereocenters. The quantitative estimate of drug-likeness (QED) is 0.858. The summed E-state index contributed by atoms with van der Waals surface area (Å²) < 4.78 is 7.70. The van der Waals surface area contributed by atoms with Gasteiger partial charge in [-0.15, -0.1) is 0 Å². The number of nitrogen functional groups attached to an aromatic ring is 1. The highest BCUT2D eigenvalue weighted by atomic mass is 16.5. The molecule has 2 N–H and O–H groups in total. The van der Waals surface area contributed by atoms with Crippen LogP contribution in [0.2, 0.25) is 0 Å². The molecule has 1 aromatic rings. The van der Waals surface area contributed by atoms with Gasteiger partial charge in [0.1, 0.15) is 0 Å². The zero-order valence-corrected chi connectivity index (χ0v) is 11.7. The van der Waals surface area contributed by atoms with Crippen molar-refractivity contribution in [3.05, 3.63) is 11.4 Å². The summed E-state index contributed by atoms with van der Waals surface area (Å²) in [4.78, 5) is 0. The highest BCUT2D eigenvalue weighted by Crippen LogP contribution is 2.18. The third-order valence-electron chi connectivity index (χ3n) is 2.68. The fraction of sp³-hybridized carbons (Fsp3) is 0.769. The lowest BCUT2D eigenvalue weighted by molar-refractivity contribution is -0.00815. The molecule has 0 spiro atoms. The van der Waals surface area contributed by atoms with E-state index in [1.807, 2.05) is 4.68 Å². The van der Waals surface area contributed by atoms with E-state index in [2.05, 4.69) is 39.7 Å². The van der Waals surface area contributed by atoms with Crippen LogP contribution in [-0.4, -0.2) is 22.0 Å². The number of anilines is 1. The number of hydrogen-bond donors (Lipinski definition) is 1. The van der Waals surface area contributed by atoms with Gasteiger partial charge in [-0.2, -0.15) is 5.10 Å². The number of hydrogen-bond acceptors (Lipinski definition) is 3. The second-order valence-corrected chi connectivity index (χ2v) is 5.20. The van der Waals surface area contributed by atoms with Crippen LogP contribution in [0.3, 0.4) is 0 Å². The molecule has 0 aromatic carbocycles.